The zero-order valence-electron chi connectivity index (χ0n) is 5.23. The minimum atomic E-state index is 0.792. The van der Waals surface area contributed by atoms with Crippen molar-refractivity contribution >= 4 is 0 Å². The molecule has 0 amide bonds. The van der Waals surface area contributed by atoms with Crippen LogP contribution in [-0.2, 0) is 0 Å². The van der Waals surface area contributed by atoms with Crippen molar-refractivity contribution in [1.82, 2.24) is 5.32 Å². The maximum atomic E-state index is 3.33. The van der Waals surface area contributed by atoms with Gasteiger partial charge in [-0.15, -0.1) is 0 Å². The van der Waals surface area contributed by atoms with E-state index >= 15 is 0 Å². The third-order valence-electron chi connectivity index (χ3n) is 1.60. The highest BCUT2D eigenvalue weighted by Crippen LogP contribution is 2.17. The predicted octanol–water partition coefficient (Wildman–Crippen LogP) is 1.00. The third-order valence-corrected chi connectivity index (χ3v) is 1.60. The van der Waals surface area contributed by atoms with E-state index in [0.717, 1.165) is 18.0 Å². The Morgan fingerprint density at radius 2 is 1.86 bits per heavy atom. The normalized spacial score (nSPS) is 39.4. The molecule has 0 aromatic rings. The lowest BCUT2D eigenvalue weighted by atomic mass is 10.1. The third kappa shape index (κ3) is 0.942. The highest BCUT2D eigenvalue weighted by atomic mass is 15.1. The van der Waals surface area contributed by atoms with E-state index in [4.69, 9.17) is 0 Å². The molecule has 1 fully saturated rings. The van der Waals surface area contributed by atoms with Crippen LogP contribution in [0, 0.1) is 5.92 Å². The second kappa shape index (κ2) is 1.48. The topological polar surface area (TPSA) is 21.9 Å². The van der Waals surface area contributed by atoms with Gasteiger partial charge in [-0.2, -0.15) is 0 Å². The van der Waals surface area contributed by atoms with Gasteiger partial charge in [0.1, 0.15) is 0 Å². The Bertz CT molecular complexity index is 68.6. The summed E-state index contributed by atoms with van der Waals surface area (Å²) < 4.78 is 0. The maximum absolute atomic E-state index is 3.33. The molecule has 1 saturated heterocycles. The van der Waals surface area contributed by atoms with Crippen LogP contribution in [0.15, 0.2) is 0 Å². The first-order chi connectivity index (χ1) is 3.22. The molecule has 0 spiro atoms. The summed E-state index contributed by atoms with van der Waals surface area (Å²) in [6.45, 7) is 6.73. The smallest absolute Gasteiger partial charge is 0.0244 e. The average molecular weight is 99.2 g/mol. The quantitative estimate of drug-likeness (QED) is 0.487. The molecule has 0 radical (unpaired) electrons. The highest BCUT2D eigenvalue weighted by Gasteiger charge is 2.33. The van der Waals surface area contributed by atoms with Gasteiger partial charge in [-0.3, -0.25) is 0 Å². The summed E-state index contributed by atoms with van der Waals surface area (Å²) in [6.07, 6.45) is 0. The van der Waals surface area contributed by atoms with Crippen LogP contribution >= 0.6 is 0 Å². The van der Waals surface area contributed by atoms with Crippen LogP contribution in [0.3, 0.4) is 0 Å². The number of hydrogen-bond donors (Lipinski definition) is 1. The molecule has 0 unspecified atom stereocenters. The molecule has 0 bridgehead atoms. The lowest BCUT2D eigenvalue weighted by Crippen LogP contribution is -2.00. The van der Waals surface area contributed by atoms with E-state index < -0.39 is 0 Å². The predicted molar refractivity (Wildman–Crippen MR) is 31.2 cm³/mol. The average Bonchev–Trinajstić information content (AvgIpc) is 2.17. The monoisotopic (exact) mass is 99.1 g/mol. The first-order valence-electron chi connectivity index (χ1n) is 2.98. The van der Waals surface area contributed by atoms with Crippen molar-refractivity contribution in [3.8, 4) is 0 Å². The molecule has 0 aliphatic carbocycles. The van der Waals surface area contributed by atoms with E-state index in [1.807, 2.05) is 0 Å². The van der Waals surface area contributed by atoms with E-state index in [1.54, 1.807) is 0 Å². The maximum Gasteiger partial charge on any atom is 0.0244 e. The molecular formula is C6H13N. The summed E-state index contributed by atoms with van der Waals surface area (Å²) in [4.78, 5) is 0. The summed E-state index contributed by atoms with van der Waals surface area (Å²) in [7, 11) is 0. The summed E-state index contributed by atoms with van der Waals surface area (Å²) >= 11 is 0. The largest absolute Gasteiger partial charge is 0.308 e. The van der Waals surface area contributed by atoms with Crippen molar-refractivity contribution in [1.29, 1.82) is 0 Å². The molecule has 1 heterocycles. The van der Waals surface area contributed by atoms with Crippen molar-refractivity contribution in [3.63, 3.8) is 0 Å². The molecule has 1 nitrogen and oxygen atoms in total. The Balaban J connectivity index is 2.20. The minimum Gasteiger partial charge on any atom is -0.308 e. The van der Waals surface area contributed by atoms with E-state index in [0.29, 0.717) is 0 Å². The summed E-state index contributed by atoms with van der Waals surface area (Å²) in [5, 5.41) is 3.33. The van der Waals surface area contributed by atoms with E-state index in [-0.39, 0.29) is 0 Å². The molecule has 1 N–H and O–H groups in total. The molecular weight excluding hydrogens is 86.1 g/mol. The van der Waals surface area contributed by atoms with Crippen LogP contribution in [0.4, 0.5) is 0 Å². The van der Waals surface area contributed by atoms with Crippen LogP contribution in [0.5, 0.6) is 0 Å². The zero-order valence-corrected chi connectivity index (χ0v) is 5.23. The lowest BCUT2D eigenvalue weighted by Gasteiger charge is -1.94. The fraction of sp³-hybridized carbons (Fsp3) is 1.00. The van der Waals surface area contributed by atoms with E-state index in [1.165, 1.54) is 0 Å². The molecule has 0 saturated carbocycles. The molecule has 7 heavy (non-hydrogen) atoms. The molecule has 1 aliphatic rings. The standard InChI is InChI=1S/C6H13N/c1-4(2)6-5(3)7-6/h4-7H,1-3H3/t5-,6+/m1/s1. The molecule has 1 heteroatoms. The number of rotatable bonds is 1. The van der Waals surface area contributed by atoms with Gasteiger partial charge in [-0.25, -0.2) is 0 Å². The zero-order chi connectivity index (χ0) is 5.44. The van der Waals surface area contributed by atoms with Crippen LogP contribution in [0.25, 0.3) is 0 Å². The van der Waals surface area contributed by atoms with Gasteiger partial charge >= 0.3 is 0 Å². The Labute approximate surface area is 45.1 Å². The van der Waals surface area contributed by atoms with Crippen LogP contribution in [-0.4, -0.2) is 12.1 Å². The van der Waals surface area contributed by atoms with Gasteiger partial charge < -0.3 is 5.32 Å². The van der Waals surface area contributed by atoms with Gasteiger partial charge in [-0.1, -0.05) is 13.8 Å². The minimum absolute atomic E-state index is 0.792. The summed E-state index contributed by atoms with van der Waals surface area (Å²) in [6, 6.07) is 1.61. The first kappa shape index (κ1) is 5.10. The molecule has 1 aliphatic heterocycles. The van der Waals surface area contributed by atoms with Crippen LogP contribution < -0.4 is 5.32 Å². The molecule has 2 atom stereocenters. The number of hydrogen-bond acceptors (Lipinski definition) is 1. The van der Waals surface area contributed by atoms with E-state index in [2.05, 4.69) is 26.1 Å². The lowest BCUT2D eigenvalue weighted by molar-refractivity contribution is 0.621. The molecule has 42 valence electrons. The SMILES string of the molecule is CC(C)[C@@H]1N[C@@H]1C. The van der Waals surface area contributed by atoms with Crippen LogP contribution in [0.1, 0.15) is 20.8 Å². The number of nitrogens with one attached hydrogen (secondary N) is 1. The first-order valence-corrected chi connectivity index (χ1v) is 2.98. The van der Waals surface area contributed by atoms with Crippen LogP contribution in [0.2, 0.25) is 0 Å². The van der Waals surface area contributed by atoms with Crippen molar-refractivity contribution in [2.24, 2.45) is 5.92 Å². The van der Waals surface area contributed by atoms with Gasteiger partial charge in [-0.05, 0) is 12.8 Å². The fourth-order valence-corrected chi connectivity index (χ4v) is 1.02. The highest BCUT2D eigenvalue weighted by molar-refractivity contribution is 4.95. The van der Waals surface area contributed by atoms with Crippen molar-refractivity contribution in [2.45, 2.75) is 32.9 Å². The van der Waals surface area contributed by atoms with Gasteiger partial charge in [0.2, 0.25) is 0 Å². The fourth-order valence-electron chi connectivity index (χ4n) is 1.02. The summed E-state index contributed by atoms with van der Waals surface area (Å²) in [5.74, 6) is 0.829. The molecule has 0 aromatic heterocycles. The Kier molecular flexibility index (Phi) is 1.08. The van der Waals surface area contributed by atoms with E-state index in [9.17, 15) is 0 Å². The second-order valence-electron chi connectivity index (χ2n) is 2.73. The van der Waals surface area contributed by atoms with Crippen molar-refractivity contribution in [3.05, 3.63) is 0 Å². The van der Waals surface area contributed by atoms with Gasteiger partial charge in [0.25, 0.3) is 0 Å². The molecule has 0 aromatic carbocycles. The van der Waals surface area contributed by atoms with Gasteiger partial charge in [0, 0.05) is 12.1 Å². The summed E-state index contributed by atoms with van der Waals surface area (Å²) in [5.41, 5.74) is 0. The van der Waals surface area contributed by atoms with Crippen molar-refractivity contribution in [2.75, 3.05) is 0 Å². The van der Waals surface area contributed by atoms with Gasteiger partial charge in [0.05, 0.1) is 0 Å². The Hall–Kier alpha value is -0.0400. The second-order valence-corrected chi connectivity index (χ2v) is 2.73. The Morgan fingerprint density at radius 3 is 1.86 bits per heavy atom. The van der Waals surface area contributed by atoms with Crippen molar-refractivity contribution < 1.29 is 0 Å². The molecule has 1 rings (SSSR count). The Morgan fingerprint density at radius 1 is 1.43 bits per heavy atom. The van der Waals surface area contributed by atoms with Gasteiger partial charge in [0.15, 0.2) is 0 Å².